The molecule has 4 aromatic carbocycles. The molecule has 0 heterocycles. The second-order valence-corrected chi connectivity index (χ2v) is 11.7. The van der Waals surface area contributed by atoms with Crippen molar-refractivity contribution in [3.05, 3.63) is 138 Å². The average Bonchev–Trinajstić information content (AvgIpc) is 3.16. The molecule has 13 nitrogen and oxygen atoms in total. The first-order chi connectivity index (χ1) is 25.3. The number of carbonyl (C=O) groups is 4. The fourth-order valence-electron chi connectivity index (χ4n) is 5.03. The highest BCUT2D eigenvalue weighted by Gasteiger charge is 2.19. The number of carboxylic acids is 1. The standard InChI is InChI=1S/C39H44N4O9/c44-36(45)29-49-35-18-16-30(17-19-35)24-34(42-39(48)52-28-33-14-8-3-9-15-33)25-43(22-20-40-37(46)50-26-31-10-4-1-5-11-31)23-21-41-38(47)51-27-32-12-6-2-7-13-32/h1-19,34H,20-29H2,(H,40,46)(H,41,47)(H,42,48)(H,44,45). The van der Waals surface area contributed by atoms with Gasteiger partial charge >= 0.3 is 24.2 Å². The van der Waals surface area contributed by atoms with Gasteiger partial charge in [0.1, 0.15) is 25.6 Å². The largest absolute Gasteiger partial charge is 0.482 e. The Morgan fingerprint density at radius 2 is 1.02 bits per heavy atom. The number of hydrogen-bond acceptors (Lipinski definition) is 9. The van der Waals surface area contributed by atoms with Gasteiger partial charge in [0.15, 0.2) is 6.61 Å². The number of alkyl carbamates (subject to hydrolysis) is 3. The van der Waals surface area contributed by atoms with Crippen molar-refractivity contribution >= 4 is 24.2 Å². The third-order valence-electron chi connectivity index (χ3n) is 7.60. The quantitative estimate of drug-likeness (QED) is 0.0902. The smallest absolute Gasteiger partial charge is 0.407 e. The minimum absolute atomic E-state index is 0.0861. The van der Waals surface area contributed by atoms with E-state index >= 15 is 0 Å². The van der Waals surface area contributed by atoms with Gasteiger partial charge < -0.3 is 40.0 Å². The molecular formula is C39H44N4O9. The fourth-order valence-corrected chi connectivity index (χ4v) is 5.03. The topological polar surface area (TPSA) is 165 Å². The number of amides is 3. The molecule has 4 aromatic rings. The Morgan fingerprint density at radius 1 is 0.577 bits per heavy atom. The summed E-state index contributed by atoms with van der Waals surface area (Å²) >= 11 is 0. The lowest BCUT2D eigenvalue weighted by Crippen LogP contribution is -2.48. The molecule has 52 heavy (non-hydrogen) atoms. The Kier molecular flexibility index (Phi) is 16.3. The van der Waals surface area contributed by atoms with E-state index in [0.29, 0.717) is 31.8 Å². The van der Waals surface area contributed by atoms with Crippen LogP contribution in [0.25, 0.3) is 0 Å². The van der Waals surface area contributed by atoms with Crippen LogP contribution < -0.4 is 20.7 Å². The molecule has 0 aliphatic heterocycles. The summed E-state index contributed by atoms with van der Waals surface area (Å²) in [5, 5.41) is 17.4. The number of nitrogens with one attached hydrogen (secondary N) is 3. The molecule has 0 aliphatic carbocycles. The maximum absolute atomic E-state index is 13.0. The highest BCUT2D eigenvalue weighted by atomic mass is 16.6. The van der Waals surface area contributed by atoms with Gasteiger partial charge in [-0.05, 0) is 40.8 Å². The Hall–Kier alpha value is -6.08. The predicted octanol–water partition coefficient (Wildman–Crippen LogP) is 5.14. The van der Waals surface area contributed by atoms with Crippen LogP contribution >= 0.6 is 0 Å². The molecule has 1 atom stereocenters. The van der Waals surface area contributed by atoms with Crippen molar-refractivity contribution in [2.24, 2.45) is 0 Å². The second kappa shape index (κ2) is 21.9. The van der Waals surface area contributed by atoms with Crippen LogP contribution in [0.4, 0.5) is 14.4 Å². The highest BCUT2D eigenvalue weighted by Crippen LogP contribution is 2.14. The van der Waals surface area contributed by atoms with E-state index in [-0.39, 0.29) is 32.9 Å². The van der Waals surface area contributed by atoms with Gasteiger partial charge in [0, 0.05) is 38.8 Å². The first-order valence-electron chi connectivity index (χ1n) is 16.8. The predicted molar refractivity (Wildman–Crippen MR) is 193 cm³/mol. The van der Waals surface area contributed by atoms with Crippen LogP contribution in [0.3, 0.4) is 0 Å². The normalized spacial score (nSPS) is 11.2. The molecule has 3 amide bonds. The highest BCUT2D eigenvalue weighted by molar-refractivity contribution is 5.69. The lowest BCUT2D eigenvalue weighted by atomic mass is 10.1. The van der Waals surface area contributed by atoms with E-state index in [4.69, 9.17) is 24.1 Å². The van der Waals surface area contributed by atoms with Gasteiger partial charge in [-0.15, -0.1) is 0 Å². The second-order valence-electron chi connectivity index (χ2n) is 11.7. The van der Waals surface area contributed by atoms with Gasteiger partial charge in [-0.2, -0.15) is 0 Å². The van der Waals surface area contributed by atoms with Gasteiger partial charge in [0.2, 0.25) is 0 Å². The molecule has 0 bridgehead atoms. The summed E-state index contributed by atoms with van der Waals surface area (Å²) in [5.74, 6) is -0.685. The van der Waals surface area contributed by atoms with Crippen molar-refractivity contribution in [1.82, 2.24) is 20.9 Å². The molecule has 4 rings (SSSR count). The van der Waals surface area contributed by atoms with Crippen LogP contribution in [0.15, 0.2) is 115 Å². The monoisotopic (exact) mass is 712 g/mol. The molecule has 0 aromatic heterocycles. The lowest BCUT2D eigenvalue weighted by Gasteiger charge is -2.28. The van der Waals surface area contributed by atoms with Crippen LogP contribution in [0.5, 0.6) is 5.75 Å². The van der Waals surface area contributed by atoms with E-state index in [1.54, 1.807) is 24.3 Å². The summed E-state index contributed by atoms with van der Waals surface area (Å²) in [6, 6.07) is 34.4. The zero-order chi connectivity index (χ0) is 36.8. The number of hydrogen-bond donors (Lipinski definition) is 4. The third kappa shape index (κ3) is 15.6. The lowest BCUT2D eigenvalue weighted by molar-refractivity contribution is -0.139. The maximum atomic E-state index is 13.0. The van der Waals surface area contributed by atoms with Crippen molar-refractivity contribution in [1.29, 1.82) is 0 Å². The molecule has 13 heteroatoms. The molecule has 274 valence electrons. The van der Waals surface area contributed by atoms with E-state index in [2.05, 4.69) is 16.0 Å². The molecule has 1 unspecified atom stereocenters. The Balaban J connectivity index is 1.39. The minimum atomic E-state index is -1.08. The van der Waals surface area contributed by atoms with Crippen molar-refractivity contribution < 1.29 is 43.2 Å². The van der Waals surface area contributed by atoms with Crippen LogP contribution in [-0.2, 0) is 45.2 Å². The summed E-state index contributed by atoms with van der Waals surface area (Å²) in [4.78, 5) is 50.8. The van der Waals surface area contributed by atoms with E-state index in [1.807, 2.05) is 95.9 Å². The van der Waals surface area contributed by atoms with Crippen molar-refractivity contribution in [3.63, 3.8) is 0 Å². The maximum Gasteiger partial charge on any atom is 0.407 e. The summed E-state index contributed by atoms with van der Waals surface area (Å²) < 4.78 is 21.5. The number of aliphatic carboxylic acids is 1. The van der Waals surface area contributed by atoms with E-state index in [0.717, 1.165) is 22.3 Å². The molecule has 4 N–H and O–H groups in total. The summed E-state index contributed by atoms with van der Waals surface area (Å²) in [7, 11) is 0. The zero-order valence-electron chi connectivity index (χ0n) is 28.8. The third-order valence-corrected chi connectivity index (χ3v) is 7.60. The number of nitrogens with zero attached hydrogens (tertiary/aromatic N) is 1. The molecule has 0 radical (unpaired) electrons. The molecule has 0 aliphatic rings. The van der Waals surface area contributed by atoms with Crippen LogP contribution in [0.1, 0.15) is 22.3 Å². The van der Waals surface area contributed by atoms with Crippen LogP contribution in [-0.4, -0.2) is 79.6 Å². The fraction of sp³-hybridized carbons (Fsp3) is 0.282. The van der Waals surface area contributed by atoms with Crippen LogP contribution in [0.2, 0.25) is 0 Å². The molecule has 0 saturated carbocycles. The van der Waals surface area contributed by atoms with E-state index in [9.17, 15) is 19.2 Å². The molecular weight excluding hydrogens is 668 g/mol. The van der Waals surface area contributed by atoms with Gasteiger partial charge in [-0.1, -0.05) is 103 Å². The molecule has 0 spiro atoms. The van der Waals surface area contributed by atoms with Gasteiger partial charge in [-0.3, -0.25) is 4.90 Å². The SMILES string of the molecule is O=C(O)COc1ccc(CC(CN(CCNC(=O)OCc2ccccc2)CCNC(=O)OCc2ccccc2)NC(=O)OCc2ccccc2)cc1. The Bertz CT molecular complexity index is 1600. The Morgan fingerprint density at radius 3 is 1.46 bits per heavy atom. The van der Waals surface area contributed by atoms with Gasteiger partial charge in [-0.25, -0.2) is 19.2 Å². The van der Waals surface area contributed by atoms with Gasteiger partial charge in [0.25, 0.3) is 0 Å². The van der Waals surface area contributed by atoms with Gasteiger partial charge in [0.05, 0.1) is 0 Å². The number of carbonyl (C=O) groups excluding carboxylic acids is 3. The molecule has 0 saturated heterocycles. The first kappa shape index (κ1) is 38.7. The van der Waals surface area contributed by atoms with Crippen molar-refractivity contribution in [2.75, 3.05) is 39.3 Å². The average molecular weight is 713 g/mol. The summed E-state index contributed by atoms with van der Waals surface area (Å²) in [6.45, 7) is 1.38. The number of carboxylic acid groups (broad SMARTS) is 1. The number of rotatable bonds is 20. The number of benzene rings is 4. The minimum Gasteiger partial charge on any atom is -0.482 e. The first-order valence-corrected chi connectivity index (χ1v) is 16.8. The zero-order valence-corrected chi connectivity index (χ0v) is 28.8. The summed E-state index contributed by atoms with van der Waals surface area (Å²) in [6.07, 6.45) is -1.37. The molecule has 0 fully saturated rings. The van der Waals surface area contributed by atoms with Crippen molar-refractivity contribution in [2.45, 2.75) is 32.3 Å². The summed E-state index contributed by atoms with van der Waals surface area (Å²) in [5.41, 5.74) is 3.41. The Labute approximate surface area is 302 Å². The van der Waals surface area contributed by atoms with E-state index < -0.39 is 36.9 Å². The number of ether oxygens (including phenoxy) is 4. The van der Waals surface area contributed by atoms with Crippen molar-refractivity contribution in [3.8, 4) is 5.75 Å². The van der Waals surface area contributed by atoms with E-state index in [1.165, 1.54) is 0 Å². The van der Waals surface area contributed by atoms with Crippen LogP contribution in [0, 0.1) is 0 Å².